The largest absolute Gasteiger partial charge is 0.494 e. The molecule has 28 heavy (non-hydrogen) atoms. The third-order valence-electron chi connectivity index (χ3n) is 5.05. The molecule has 3 heteroatoms. The highest BCUT2D eigenvalue weighted by Gasteiger charge is 2.19. The summed E-state index contributed by atoms with van der Waals surface area (Å²) in [5.41, 5.74) is 6.34. The van der Waals surface area contributed by atoms with Crippen LogP contribution in [0.1, 0.15) is 50.3 Å². The van der Waals surface area contributed by atoms with Gasteiger partial charge in [-0.2, -0.15) is 0 Å². The third kappa shape index (κ3) is 5.93. The fraction of sp³-hybridized carbons (Fsp3) is 0.480. The zero-order chi connectivity index (χ0) is 19.9. The molecule has 2 aromatic rings. The van der Waals surface area contributed by atoms with E-state index < -0.39 is 0 Å². The van der Waals surface area contributed by atoms with Crippen LogP contribution in [0.25, 0.3) is 0 Å². The molecule has 0 saturated heterocycles. The summed E-state index contributed by atoms with van der Waals surface area (Å²) in [6, 6.07) is 15.2. The molecule has 3 rings (SSSR count). The van der Waals surface area contributed by atoms with Crippen molar-refractivity contribution in [2.24, 2.45) is 10.9 Å². The number of unbranched alkanes of at least 4 members (excludes halogenated alkanes) is 1. The number of aryl methyl sites for hydroxylation is 1. The quantitative estimate of drug-likeness (QED) is 0.476. The van der Waals surface area contributed by atoms with Gasteiger partial charge in [-0.3, -0.25) is 9.89 Å². The minimum atomic E-state index is 0.633. The molecule has 0 saturated carbocycles. The predicted molar refractivity (Wildman–Crippen MR) is 119 cm³/mol. The molecule has 1 aliphatic heterocycles. The molecular formula is C25H34N2O. The molecule has 0 spiro atoms. The van der Waals surface area contributed by atoms with E-state index in [0.717, 1.165) is 56.9 Å². The number of benzene rings is 2. The van der Waals surface area contributed by atoms with Gasteiger partial charge in [-0.1, -0.05) is 57.0 Å². The fourth-order valence-electron chi connectivity index (χ4n) is 3.67. The maximum Gasteiger partial charge on any atom is 0.119 e. The number of aliphatic imine (C=N–C) groups is 1. The van der Waals surface area contributed by atoms with Gasteiger partial charge in [0.25, 0.3) is 0 Å². The molecule has 0 aromatic heterocycles. The highest BCUT2D eigenvalue weighted by Crippen LogP contribution is 2.30. The van der Waals surface area contributed by atoms with Gasteiger partial charge < -0.3 is 4.74 Å². The Morgan fingerprint density at radius 1 is 1.07 bits per heavy atom. The summed E-state index contributed by atoms with van der Waals surface area (Å²) in [6.07, 6.45) is 3.19. The van der Waals surface area contributed by atoms with Crippen LogP contribution in [0.15, 0.2) is 47.5 Å². The Bertz CT molecular complexity index is 793. The summed E-state index contributed by atoms with van der Waals surface area (Å²) in [6.45, 7) is 12.7. The van der Waals surface area contributed by atoms with Crippen LogP contribution in [0.2, 0.25) is 0 Å². The van der Waals surface area contributed by atoms with Gasteiger partial charge in [-0.05, 0) is 48.6 Å². The third-order valence-corrected chi connectivity index (χ3v) is 5.05. The fourth-order valence-corrected chi connectivity index (χ4v) is 3.67. The minimum Gasteiger partial charge on any atom is -0.494 e. The Morgan fingerprint density at radius 3 is 2.57 bits per heavy atom. The second-order valence-electron chi connectivity index (χ2n) is 8.40. The molecule has 150 valence electrons. The van der Waals surface area contributed by atoms with Crippen LogP contribution in [0, 0.1) is 12.8 Å². The van der Waals surface area contributed by atoms with Crippen molar-refractivity contribution < 1.29 is 4.74 Å². The van der Waals surface area contributed by atoms with E-state index >= 15 is 0 Å². The van der Waals surface area contributed by atoms with E-state index in [4.69, 9.17) is 9.73 Å². The molecule has 3 nitrogen and oxygen atoms in total. The first-order chi connectivity index (χ1) is 13.5. The SMILES string of the molecule is CCCCOc1ccc2c(c1)CC(CN(Cc1ccc(C)cc1)CC(C)C)=N2. The summed E-state index contributed by atoms with van der Waals surface area (Å²) in [5, 5.41) is 0. The average Bonchev–Trinajstić information content (AvgIpc) is 3.05. The van der Waals surface area contributed by atoms with Gasteiger partial charge in [0.1, 0.15) is 5.75 Å². The Kier molecular flexibility index (Phi) is 7.27. The zero-order valence-corrected chi connectivity index (χ0v) is 17.9. The van der Waals surface area contributed by atoms with Crippen LogP contribution in [-0.2, 0) is 13.0 Å². The lowest BCUT2D eigenvalue weighted by Crippen LogP contribution is -2.32. The Balaban J connectivity index is 1.63. The van der Waals surface area contributed by atoms with E-state index in [2.05, 4.69) is 75.1 Å². The summed E-state index contributed by atoms with van der Waals surface area (Å²) < 4.78 is 5.87. The molecule has 0 aliphatic carbocycles. The van der Waals surface area contributed by atoms with Crippen molar-refractivity contribution in [2.75, 3.05) is 19.7 Å². The van der Waals surface area contributed by atoms with E-state index in [-0.39, 0.29) is 0 Å². The van der Waals surface area contributed by atoms with Crippen LogP contribution in [0.4, 0.5) is 5.69 Å². The standard InChI is InChI=1S/C25H34N2O/c1-5-6-13-28-24-11-12-25-22(15-24)14-23(26-25)18-27(16-19(2)3)17-21-9-7-20(4)8-10-21/h7-12,15,19H,5-6,13-14,16-18H2,1-4H3. The number of ether oxygens (including phenoxy) is 1. The van der Waals surface area contributed by atoms with Crippen molar-refractivity contribution in [3.63, 3.8) is 0 Å². The van der Waals surface area contributed by atoms with Crippen LogP contribution in [0.5, 0.6) is 5.75 Å². The summed E-state index contributed by atoms with van der Waals surface area (Å²) in [4.78, 5) is 7.44. The van der Waals surface area contributed by atoms with Gasteiger partial charge in [0, 0.05) is 31.8 Å². The molecule has 0 amide bonds. The first kappa shape index (κ1) is 20.6. The van der Waals surface area contributed by atoms with Gasteiger partial charge in [-0.15, -0.1) is 0 Å². The van der Waals surface area contributed by atoms with Crippen LogP contribution in [0.3, 0.4) is 0 Å². The summed E-state index contributed by atoms with van der Waals surface area (Å²) >= 11 is 0. The highest BCUT2D eigenvalue weighted by molar-refractivity contribution is 5.95. The predicted octanol–water partition coefficient (Wildman–Crippen LogP) is 5.96. The Labute approximate surface area is 170 Å². The number of hydrogen-bond donors (Lipinski definition) is 0. The molecule has 1 heterocycles. The second-order valence-corrected chi connectivity index (χ2v) is 8.40. The number of hydrogen-bond acceptors (Lipinski definition) is 3. The van der Waals surface area contributed by atoms with E-state index in [1.54, 1.807) is 0 Å². The maximum absolute atomic E-state index is 5.87. The molecule has 0 fully saturated rings. The first-order valence-electron chi connectivity index (χ1n) is 10.6. The number of rotatable bonds is 10. The van der Waals surface area contributed by atoms with Crippen molar-refractivity contribution >= 4 is 11.4 Å². The van der Waals surface area contributed by atoms with Gasteiger partial charge >= 0.3 is 0 Å². The second kappa shape index (κ2) is 9.88. The molecule has 0 radical (unpaired) electrons. The molecule has 0 atom stereocenters. The van der Waals surface area contributed by atoms with Crippen molar-refractivity contribution in [1.82, 2.24) is 4.90 Å². The molecule has 1 aliphatic rings. The lowest BCUT2D eigenvalue weighted by Gasteiger charge is -2.24. The molecular weight excluding hydrogens is 344 g/mol. The highest BCUT2D eigenvalue weighted by atomic mass is 16.5. The molecule has 2 aromatic carbocycles. The normalized spacial score (nSPS) is 13.1. The Morgan fingerprint density at radius 2 is 1.86 bits per heavy atom. The average molecular weight is 379 g/mol. The van der Waals surface area contributed by atoms with E-state index in [1.165, 1.54) is 22.4 Å². The van der Waals surface area contributed by atoms with Crippen molar-refractivity contribution in [3.8, 4) is 5.75 Å². The van der Waals surface area contributed by atoms with Gasteiger partial charge in [0.15, 0.2) is 0 Å². The number of nitrogens with zero attached hydrogens (tertiary/aromatic N) is 2. The Hall–Kier alpha value is -2.13. The van der Waals surface area contributed by atoms with Crippen molar-refractivity contribution in [3.05, 3.63) is 59.2 Å². The monoisotopic (exact) mass is 378 g/mol. The molecule has 0 N–H and O–H groups in total. The first-order valence-corrected chi connectivity index (χ1v) is 10.6. The minimum absolute atomic E-state index is 0.633. The van der Waals surface area contributed by atoms with Crippen LogP contribution >= 0.6 is 0 Å². The smallest absolute Gasteiger partial charge is 0.119 e. The topological polar surface area (TPSA) is 24.8 Å². The van der Waals surface area contributed by atoms with Crippen molar-refractivity contribution in [2.45, 2.75) is 53.5 Å². The van der Waals surface area contributed by atoms with Crippen molar-refractivity contribution in [1.29, 1.82) is 0 Å². The lowest BCUT2D eigenvalue weighted by molar-refractivity contribution is 0.267. The van der Waals surface area contributed by atoms with Gasteiger partial charge in [0.2, 0.25) is 0 Å². The molecule has 0 unspecified atom stereocenters. The summed E-state index contributed by atoms with van der Waals surface area (Å²) in [7, 11) is 0. The maximum atomic E-state index is 5.87. The molecule has 0 bridgehead atoms. The van der Waals surface area contributed by atoms with E-state index in [1.807, 2.05) is 0 Å². The van der Waals surface area contributed by atoms with Gasteiger partial charge in [0.05, 0.1) is 12.3 Å². The van der Waals surface area contributed by atoms with E-state index in [0.29, 0.717) is 5.92 Å². The lowest BCUT2D eigenvalue weighted by atomic mass is 10.1. The van der Waals surface area contributed by atoms with Crippen LogP contribution < -0.4 is 4.74 Å². The summed E-state index contributed by atoms with van der Waals surface area (Å²) in [5.74, 6) is 1.61. The van der Waals surface area contributed by atoms with Gasteiger partial charge in [-0.25, -0.2) is 0 Å². The number of fused-ring (bicyclic) bond motifs is 1. The van der Waals surface area contributed by atoms with Crippen LogP contribution in [-0.4, -0.2) is 30.3 Å². The zero-order valence-electron chi connectivity index (χ0n) is 17.9. The van der Waals surface area contributed by atoms with E-state index in [9.17, 15) is 0 Å².